The highest BCUT2D eigenvalue weighted by Gasteiger charge is 2.13. The molecule has 2 N–H and O–H groups in total. The van der Waals surface area contributed by atoms with Crippen molar-refractivity contribution in [1.29, 1.82) is 0 Å². The van der Waals surface area contributed by atoms with E-state index in [1.807, 2.05) is 35.7 Å². The Bertz CT molecular complexity index is 1140. The van der Waals surface area contributed by atoms with Crippen LogP contribution in [0.5, 0.6) is 5.75 Å². The van der Waals surface area contributed by atoms with E-state index in [4.69, 9.17) is 4.74 Å². The number of H-pyrrole nitrogens is 1. The lowest BCUT2D eigenvalue weighted by molar-refractivity contribution is -0.122. The van der Waals surface area contributed by atoms with Crippen LogP contribution in [0.4, 0.5) is 0 Å². The van der Waals surface area contributed by atoms with E-state index in [9.17, 15) is 9.59 Å². The number of fused-ring (bicyclic) bond motifs is 3. The lowest BCUT2D eigenvalue weighted by Crippen LogP contribution is -2.31. The third kappa shape index (κ3) is 2.95. The Morgan fingerprint density at radius 2 is 2.23 bits per heavy atom. The van der Waals surface area contributed by atoms with E-state index in [0.717, 1.165) is 15.8 Å². The first-order valence-corrected chi connectivity index (χ1v) is 8.88. The third-order valence-corrected chi connectivity index (χ3v) is 5.02. The lowest BCUT2D eigenvalue weighted by atomic mass is 10.1. The van der Waals surface area contributed by atoms with Gasteiger partial charge in [-0.3, -0.25) is 19.7 Å². The van der Waals surface area contributed by atoms with Crippen LogP contribution >= 0.6 is 11.3 Å². The van der Waals surface area contributed by atoms with Crippen molar-refractivity contribution in [3.05, 3.63) is 57.1 Å². The van der Waals surface area contributed by atoms with Gasteiger partial charge in [-0.1, -0.05) is 6.07 Å². The zero-order valence-electron chi connectivity index (χ0n) is 14.0. The summed E-state index contributed by atoms with van der Waals surface area (Å²) in [6.07, 6.45) is 1.53. The normalized spacial score (nSPS) is 11.1. The number of nitrogens with zero attached hydrogens (tertiary/aromatic N) is 2. The summed E-state index contributed by atoms with van der Waals surface area (Å²) in [5, 5.41) is 9.02. The molecule has 0 saturated heterocycles. The van der Waals surface area contributed by atoms with Gasteiger partial charge in [-0.15, -0.1) is 11.3 Å². The first-order valence-electron chi connectivity index (χ1n) is 8.00. The number of hydrogen-bond donors (Lipinski definition) is 2. The van der Waals surface area contributed by atoms with Crippen molar-refractivity contribution in [2.45, 2.75) is 13.1 Å². The summed E-state index contributed by atoms with van der Waals surface area (Å²) in [7, 11) is 1.58. The zero-order chi connectivity index (χ0) is 18.1. The number of pyridine rings is 1. The molecule has 0 spiro atoms. The predicted molar refractivity (Wildman–Crippen MR) is 101 cm³/mol. The van der Waals surface area contributed by atoms with E-state index in [0.29, 0.717) is 23.2 Å². The summed E-state index contributed by atoms with van der Waals surface area (Å²) in [4.78, 5) is 30.1. The van der Waals surface area contributed by atoms with E-state index >= 15 is 0 Å². The van der Waals surface area contributed by atoms with Crippen LogP contribution in [-0.2, 0) is 17.9 Å². The Morgan fingerprint density at radius 1 is 1.35 bits per heavy atom. The highest BCUT2D eigenvalue weighted by Crippen LogP contribution is 2.24. The summed E-state index contributed by atoms with van der Waals surface area (Å²) < 4.78 is 6.55. The molecule has 1 aromatic carbocycles. The minimum atomic E-state index is -0.275. The molecule has 8 heteroatoms. The monoisotopic (exact) mass is 368 g/mol. The maximum absolute atomic E-state index is 12.6. The molecule has 0 aliphatic heterocycles. The van der Waals surface area contributed by atoms with Gasteiger partial charge in [0.2, 0.25) is 5.91 Å². The average Bonchev–Trinajstić information content (AvgIpc) is 3.28. The van der Waals surface area contributed by atoms with E-state index in [1.54, 1.807) is 18.4 Å². The molecule has 3 aromatic heterocycles. The number of aromatic amines is 1. The van der Waals surface area contributed by atoms with E-state index < -0.39 is 0 Å². The van der Waals surface area contributed by atoms with Gasteiger partial charge in [-0.25, -0.2) is 4.68 Å². The van der Waals surface area contributed by atoms with Crippen molar-refractivity contribution in [3.8, 4) is 5.75 Å². The summed E-state index contributed by atoms with van der Waals surface area (Å²) in [6, 6.07) is 9.35. The Balaban J connectivity index is 1.65. The number of carbonyl (C=O) groups excluding carboxylic acids is 1. The SMILES string of the molecule is COc1ccc2ncc3c(=O)n(CC(=O)NCc4cccs4)[nH]c3c2c1. The Morgan fingerprint density at radius 3 is 3.00 bits per heavy atom. The average molecular weight is 368 g/mol. The highest BCUT2D eigenvalue weighted by atomic mass is 32.1. The van der Waals surface area contributed by atoms with E-state index in [2.05, 4.69) is 15.4 Å². The van der Waals surface area contributed by atoms with Crippen molar-refractivity contribution in [3.63, 3.8) is 0 Å². The molecule has 4 rings (SSSR count). The van der Waals surface area contributed by atoms with Crippen LogP contribution in [0.25, 0.3) is 21.8 Å². The minimum absolute atomic E-state index is 0.0790. The third-order valence-electron chi connectivity index (χ3n) is 4.14. The summed E-state index contributed by atoms with van der Waals surface area (Å²) in [5.41, 5.74) is 1.11. The lowest BCUT2D eigenvalue weighted by Gasteiger charge is -2.04. The highest BCUT2D eigenvalue weighted by molar-refractivity contribution is 7.09. The van der Waals surface area contributed by atoms with Gasteiger partial charge in [-0.05, 0) is 29.6 Å². The largest absolute Gasteiger partial charge is 0.497 e. The number of ether oxygens (including phenoxy) is 1. The Hall–Kier alpha value is -3.13. The molecule has 0 unspecified atom stereocenters. The first-order chi connectivity index (χ1) is 12.7. The van der Waals surface area contributed by atoms with Crippen LogP contribution in [0.3, 0.4) is 0 Å². The Kier molecular flexibility index (Phi) is 4.18. The van der Waals surface area contributed by atoms with Crippen LogP contribution in [0.15, 0.2) is 46.7 Å². The van der Waals surface area contributed by atoms with Crippen molar-refractivity contribution in [2.24, 2.45) is 0 Å². The van der Waals surface area contributed by atoms with Gasteiger partial charge in [0, 0.05) is 16.5 Å². The van der Waals surface area contributed by atoms with Crippen LogP contribution in [0.1, 0.15) is 4.88 Å². The van der Waals surface area contributed by atoms with Crippen LogP contribution < -0.4 is 15.6 Å². The van der Waals surface area contributed by atoms with Gasteiger partial charge in [0.05, 0.1) is 30.1 Å². The van der Waals surface area contributed by atoms with Crippen LogP contribution in [0.2, 0.25) is 0 Å². The number of aromatic nitrogens is 3. The van der Waals surface area contributed by atoms with Crippen molar-refractivity contribution < 1.29 is 9.53 Å². The molecule has 132 valence electrons. The van der Waals surface area contributed by atoms with E-state index in [-0.39, 0.29) is 18.0 Å². The fourth-order valence-electron chi connectivity index (χ4n) is 2.82. The second-order valence-corrected chi connectivity index (χ2v) is 6.82. The molecule has 0 atom stereocenters. The van der Waals surface area contributed by atoms with Crippen LogP contribution in [0, 0.1) is 0 Å². The van der Waals surface area contributed by atoms with Gasteiger partial charge < -0.3 is 10.1 Å². The van der Waals surface area contributed by atoms with Crippen molar-refractivity contribution in [1.82, 2.24) is 20.1 Å². The maximum atomic E-state index is 12.6. The fraction of sp³-hybridized carbons (Fsp3) is 0.167. The predicted octanol–water partition coefficient (Wildman–Crippen LogP) is 2.26. The van der Waals surface area contributed by atoms with Crippen molar-refractivity contribution in [2.75, 3.05) is 7.11 Å². The quantitative estimate of drug-likeness (QED) is 0.565. The molecule has 1 amide bonds. The molecule has 0 bridgehead atoms. The van der Waals surface area contributed by atoms with Gasteiger partial charge >= 0.3 is 0 Å². The molecule has 0 saturated carbocycles. The smallest absolute Gasteiger partial charge is 0.276 e. The van der Waals surface area contributed by atoms with Gasteiger partial charge in [-0.2, -0.15) is 0 Å². The van der Waals surface area contributed by atoms with Gasteiger partial charge in [0.1, 0.15) is 12.3 Å². The second kappa shape index (κ2) is 6.64. The number of thiophene rings is 1. The molecule has 0 aliphatic carbocycles. The molecular formula is C18H16N4O3S. The summed E-state index contributed by atoms with van der Waals surface area (Å²) in [5.74, 6) is 0.441. The number of hydrogen-bond acceptors (Lipinski definition) is 5. The molecular weight excluding hydrogens is 352 g/mol. The number of rotatable bonds is 5. The first kappa shape index (κ1) is 16.3. The molecule has 0 fully saturated rings. The molecule has 4 aromatic rings. The number of nitrogens with one attached hydrogen (secondary N) is 2. The number of benzene rings is 1. The van der Waals surface area contributed by atoms with Gasteiger partial charge in [0.15, 0.2) is 0 Å². The molecule has 7 nitrogen and oxygen atoms in total. The number of carbonyl (C=O) groups is 1. The number of methoxy groups -OCH3 is 1. The maximum Gasteiger partial charge on any atom is 0.276 e. The molecule has 3 heterocycles. The van der Waals surface area contributed by atoms with Crippen LogP contribution in [-0.4, -0.2) is 27.8 Å². The van der Waals surface area contributed by atoms with E-state index in [1.165, 1.54) is 10.9 Å². The molecule has 0 radical (unpaired) electrons. The zero-order valence-corrected chi connectivity index (χ0v) is 14.8. The second-order valence-electron chi connectivity index (χ2n) is 5.79. The topological polar surface area (TPSA) is 89.0 Å². The number of amides is 1. The minimum Gasteiger partial charge on any atom is -0.497 e. The van der Waals surface area contributed by atoms with Gasteiger partial charge in [0.25, 0.3) is 5.56 Å². The fourth-order valence-corrected chi connectivity index (χ4v) is 3.47. The van der Waals surface area contributed by atoms with Crippen molar-refractivity contribution >= 4 is 39.0 Å². The molecule has 0 aliphatic rings. The molecule has 26 heavy (non-hydrogen) atoms. The Labute approximate surface area is 152 Å². The standard InChI is InChI=1S/C18H16N4O3S/c1-25-11-4-5-15-13(7-11)17-14(9-19-15)18(24)22(21-17)10-16(23)20-8-12-3-2-6-26-12/h2-7,9,21H,8,10H2,1H3,(H,20,23). The summed E-state index contributed by atoms with van der Waals surface area (Å²) >= 11 is 1.57. The summed E-state index contributed by atoms with van der Waals surface area (Å²) in [6.45, 7) is 0.373.